The Hall–Kier alpha value is -0.930. The van der Waals surface area contributed by atoms with Crippen molar-refractivity contribution in [2.45, 2.75) is 19.9 Å². The topological polar surface area (TPSA) is 30.5 Å². The van der Waals surface area contributed by atoms with E-state index in [2.05, 4.69) is 12.2 Å². The molecule has 1 N–H and O–H groups in total. The van der Waals surface area contributed by atoms with Crippen LogP contribution < -0.4 is 10.1 Å². The molecule has 4 heteroatoms. The summed E-state index contributed by atoms with van der Waals surface area (Å²) in [6.45, 7) is 5.41. The van der Waals surface area contributed by atoms with Crippen molar-refractivity contribution in [1.82, 2.24) is 0 Å². The average molecular weight is 244 g/mol. The SMILES string of the molecule is CCOCC(C)Nc1cc(Cl)ccc1OC. The molecule has 0 heterocycles. The van der Waals surface area contributed by atoms with Crippen molar-refractivity contribution in [3.8, 4) is 5.75 Å². The fourth-order valence-electron chi connectivity index (χ4n) is 1.39. The Labute approximate surface area is 102 Å². The normalized spacial score (nSPS) is 12.2. The Morgan fingerprint density at radius 3 is 2.81 bits per heavy atom. The van der Waals surface area contributed by atoms with Crippen LogP contribution in [0.4, 0.5) is 5.69 Å². The van der Waals surface area contributed by atoms with E-state index in [9.17, 15) is 0 Å². The molecule has 16 heavy (non-hydrogen) atoms. The third-order valence-electron chi connectivity index (χ3n) is 2.14. The van der Waals surface area contributed by atoms with Crippen LogP contribution in [0.3, 0.4) is 0 Å². The molecule has 0 saturated carbocycles. The lowest BCUT2D eigenvalue weighted by Crippen LogP contribution is -2.22. The minimum absolute atomic E-state index is 0.215. The zero-order valence-electron chi connectivity index (χ0n) is 9.92. The van der Waals surface area contributed by atoms with Crippen molar-refractivity contribution >= 4 is 17.3 Å². The van der Waals surface area contributed by atoms with Crippen LogP contribution in [0, 0.1) is 0 Å². The van der Waals surface area contributed by atoms with E-state index < -0.39 is 0 Å². The number of ether oxygens (including phenoxy) is 2. The monoisotopic (exact) mass is 243 g/mol. The van der Waals surface area contributed by atoms with Crippen LogP contribution in [0.15, 0.2) is 18.2 Å². The zero-order valence-corrected chi connectivity index (χ0v) is 10.7. The Kier molecular flexibility index (Phi) is 5.43. The van der Waals surface area contributed by atoms with E-state index in [1.54, 1.807) is 13.2 Å². The highest BCUT2D eigenvalue weighted by atomic mass is 35.5. The highest BCUT2D eigenvalue weighted by molar-refractivity contribution is 6.30. The smallest absolute Gasteiger partial charge is 0.142 e. The maximum atomic E-state index is 5.93. The number of hydrogen-bond donors (Lipinski definition) is 1. The summed E-state index contributed by atoms with van der Waals surface area (Å²) in [5, 5.41) is 3.99. The van der Waals surface area contributed by atoms with E-state index in [-0.39, 0.29) is 6.04 Å². The minimum Gasteiger partial charge on any atom is -0.495 e. The first-order chi connectivity index (χ1) is 7.67. The average Bonchev–Trinajstić information content (AvgIpc) is 2.27. The molecule has 0 fully saturated rings. The van der Waals surface area contributed by atoms with Gasteiger partial charge in [-0.3, -0.25) is 0 Å². The van der Waals surface area contributed by atoms with E-state index >= 15 is 0 Å². The highest BCUT2D eigenvalue weighted by Crippen LogP contribution is 2.28. The molecular formula is C12H18ClNO2. The van der Waals surface area contributed by atoms with Crippen LogP contribution in [0.25, 0.3) is 0 Å². The second-order valence-corrected chi connectivity index (χ2v) is 3.99. The van der Waals surface area contributed by atoms with Crippen molar-refractivity contribution in [3.05, 3.63) is 23.2 Å². The summed E-state index contributed by atoms with van der Waals surface area (Å²) >= 11 is 5.93. The van der Waals surface area contributed by atoms with Crippen molar-refractivity contribution < 1.29 is 9.47 Å². The summed E-state index contributed by atoms with van der Waals surface area (Å²) < 4.78 is 10.6. The molecule has 1 atom stereocenters. The van der Waals surface area contributed by atoms with Gasteiger partial charge in [0.1, 0.15) is 5.75 Å². The summed E-state index contributed by atoms with van der Waals surface area (Å²) in [5.41, 5.74) is 0.891. The molecule has 1 aromatic carbocycles. The van der Waals surface area contributed by atoms with Crippen LogP contribution in [-0.2, 0) is 4.74 Å². The molecule has 0 amide bonds. The third kappa shape index (κ3) is 3.91. The number of nitrogens with one attached hydrogen (secondary N) is 1. The van der Waals surface area contributed by atoms with Crippen molar-refractivity contribution in [2.75, 3.05) is 25.6 Å². The maximum absolute atomic E-state index is 5.93. The van der Waals surface area contributed by atoms with Crippen molar-refractivity contribution in [2.24, 2.45) is 0 Å². The van der Waals surface area contributed by atoms with Crippen LogP contribution in [0.2, 0.25) is 5.02 Å². The van der Waals surface area contributed by atoms with E-state index in [1.807, 2.05) is 19.1 Å². The fraction of sp³-hybridized carbons (Fsp3) is 0.500. The van der Waals surface area contributed by atoms with Gasteiger partial charge >= 0.3 is 0 Å². The number of halogens is 1. The molecule has 0 aromatic heterocycles. The fourth-order valence-corrected chi connectivity index (χ4v) is 1.57. The zero-order chi connectivity index (χ0) is 12.0. The van der Waals surface area contributed by atoms with Gasteiger partial charge in [-0.25, -0.2) is 0 Å². The summed E-state index contributed by atoms with van der Waals surface area (Å²) in [6, 6.07) is 5.71. The molecule has 0 radical (unpaired) electrons. The molecule has 0 aliphatic carbocycles. The molecule has 1 rings (SSSR count). The molecule has 3 nitrogen and oxygen atoms in total. The van der Waals surface area contributed by atoms with Gasteiger partial charge in [-0.2, -0.15) is 0 Å². The predicted octanol–water partition coefficient (Wildman–Crippen LogP) is 3.19. The van der Waals surface area contributed by atoms with Crippen LogP contribution in [0.5, 0.6) is 5.75 Å². The van der Waals surface area contributed by atoms with Crippen LogP contribution in [0.1, 0.15) is 13.8 Å². The van der Waals surface area contributed by atoms with Crippen molar-refractivity contribution in [1.29, 1.82) is 0 Å². The second kappa shape index (κ2) is 6.61. The first kappa shape index (κ1) is 13.1. The van der Waals surface area contributed by atoms with E-state index in [0.29, 0.717) is 11.6 Å². The predicted molar refractivity (Wildman–Crippen MR) is 67.6 cm³/mol. The lowest BCUT2D eigenvalue weighted by atomic mass is 10.2. The number of anilines is 1. The summed E-state index contributed by atoms with van der Waals surface area (Å²) in [6.07, 6.45) is 0. The number of benzene rings is 1. The summed E-state index contributed by atoms with van der Waals surface area (Å²) in [4.78, 5) is 0. The maximum Gasteiger partial charge on any atom is 0.142 e. The van der Waals surface area contributed by atoms with Gasteiger partial charge in [-0.05, 0) is 32.0 Å². The van der Waals surface area contributed by atoms with Gasteiger partial charge < -0.3 is 14.8 Å². The molecule has 0 bridgehead atoms. The Bertz CT molecular complexity index is 331. The first-order valence-corrected chi connectivity index (χ1v) is 5.73. The number of rotatable bonds is 6. The van der Waals surface area contributed by atoms with E-state index in [1.165, 1.54) is 0 Å². The highest BCUT2D eigenvalue weighted by Gasteiger charge is 2.07. The molecular weight excluding hydrogens is 226 g/mol. The molecule has 90 valence electrons. The van der Waals surface area contributed by atoms with E-state index in [0.717, 1.165) is 18.0 Å². The quantitative estimate of drug-likeness (QED) is 0.833. The molecule has 1 unspecified atom stereocenters. The minimum atomic E-state index is 0.215. The third-order valence-corrected chi connectivity index (χ3v) is 2.37. The summed E-state index contributed by atoms with van der Waals surface area (Å²) in [5.74, 6) is 0.785. The van der Waals surface area contributed by atoms with Gasteiger partial charge in [0.05, 0.1) is 19.4 Å². The Balaban J connectivity index is 2.67. The lowest BCUT2D eigenvalue weighted by Gasteiger charge is -2.17. The molecule has 0 aliphatic heterocycles. The Morgan fingerprint density at radius 2 is 2.19 bits per heavy atom. The summed E-state index contributed by atoms with van der Waals surface area (Å²) in [7, 11) is 1.64. The number of methoxy groups -OCH3 is 1. The Morgan fingerprint density at radius 1 is 1.44 bits per heavy atom. The molecule has 0 spiro atoms. The van der Waals surface area contributed by atoms with Gasteiger partial charge in [0.2, 0.25) is 0 Å². The molecule has 1 aromatic rings. The van der Waals surface area contributed by atoms with Crippen LogP contribution in [-0.4, -0.2) is 26.4 Å². The molecule has 0 aliphatic rings. The van der Waals surface area contributed by atoms with Crippen LogP contribution >= 0.6 is 11.6 Å². The van der Waals surface area contributed by atoms with Gasteiger partial charge in [0, 0.05) is 17.7 Å². The van der Waals surface area contributed by atoms with Gasteiger partial charge in [-0.15, -0.1) is 0 Å². The lowest BCUT2D eigenvalue weighted by molar-refractivity contribution is 0.141. The largest absolute Gasteiger partial charge is 0.495 e. The second-order valence-electron chi connectivity index (χ2n) is 3.55. The standard InChI is InChI=1S/C12H18ClNO2/c1-4-16-8-9(2)14-11-7-10(13)5-6-12(11)15-3/h5-7,9,14H,4,8H2,1-3H3. The van der Waals surface area contributed by atoms with Gasteiger partial charge in [0.25, 0.3) is 0 Å². The van der Waals surface area contributed by atoms with Crippen molar-refractivity contribution in [3.63, 3.8) is 0 Å². The van der Waals surface area contributed by atoms with Gasteiger partial charge in [-0.1, -0.05) is 11.6 Å². The van der Waals surface area contributed by atoms with E-state index in [4.69, 9.17) is 21.1 Å². The van der Waals surface area contributed by atoms with Gasteiger partial charge in [0.15, 0.2) is 0 Å². The molecule has 0 saturated heterocycles. The first-order valence-electron chi connectivity index (χ1n) is 5.35. The number of hydrogen-bond acceptors (Lipinski definition) is 3.